The summed E-state index contributed by atoms with van der Waals surface area (Å²) in [5.74, 6) is 0. The van der Waals surface area contributed by atoms with E-state index in [1.165, 1.54) is 22.3 Å². The first-order chi connectivity index (χ1) is 34.9. The molecule has 0 aliphatic rings. The summed E-state index contributed by atoms with van der Waals surface area (Å²) in [7, 11) is 0. The summed E-state index contributed by atoms with van der Waals surface area (Å²) in [4.78, 5) is 0. The van der Waals surface area contributed by atoms with Crippen molar-refractivity contribution in [1.82, 2.24) is 0 Å². The molecule has 0 aliphatic heterocycles. The standard InChI is InChI=1S/C70H74N4/c1-67(2,3)51-35-55(43-22-15-13-16-23-43)63(71)57(37-51)45-26-19-28-47(32-45)59-39-53(69(7,8)9)41-61(65(59)73)49-30-21-31-50(34-49)62-42-54(70(10,11)12)40-60(66(62)74)48-29-20-27-46(33-48)58-38-52(68(4,5)6)36-56(64(58)72)44-24-17-14-18-25-44/h13-42H,71-74H2,1-12H3. The fourth-order valence-electron chi connectivity index (χ4n) is 10.1. The molecule has 0 fully saturated rings. The van der Waals surface area contributed by atoms with E-state index in [-0.39, 0.29) is 21.7 Å². The summed E-state index contributed by atoms with van der Waals surface area (Å²) in [5, 5.41) is 0. The molecule has 0 aliphatic carbocycles. The van der Waals surface area contributed by atoms with E-state index >= 15 is 0 Å². The minimum atomic E-state index is -0.167. The first-order valence-electron chi connectivity index (χ1n) is 26.1. The van der Waals surface area contributed by atoms with E-state index in [1.54, 1.807) is 0 Å². The molecule has 0 aromatic heterocycles. The third-order valence-corrected chi connectivity index (χ3v) is 14.8. The van der Waals surface area contributed by atoms with Gasteiger partial charge in [-0.1, -0.05) is 198 Å². The Balaban J connectivity index is 1.17. The largest absolute Gasteiger partial charge is 0.398 e. The van der Waals surface area contributed by atoms with Crippen molar-refractivity contribution in [3.05, 3.63) is 204 Å². The van der Waals surface area contributed by atoms with Gasteiger partial charge in [-0.2, -0.15) is 0 Å². The van der Waals surface area contributed by atoms with E-state index in [1.807, 2.05) is 12.1 Å². The van der Waals surface area contributed by atoms with Gasteiger partial charge in [-0.25, -0.2) is 0 Å². The van der Waals surface area contributed by atoms with Gasteiger partial charge in [0.1, 0.15) is 0 Å². The number of hydrogen-bond acceptors (Lipinski definition) is 4. The minimum absolute atomic E-state index is 0.0915. The SMILES string of the molecule is CC(C)(C)c1cc(-c2ccccc2)c(N)c(-c2cccc(-c3cc(C(C)(C)C)cc(-c4cccc(-c5cc(C(C)(C)C)cc(-c6cccc(-c7cc(C(C)(C)C)cc(-c8ccccc8)c7N)c6)c5N)c4)c3N)c2)c1. The second-order valence-electron chi connectivity index (χ2n) is 24.4. The monoisotopic (exact) mass is 971 g/mol. The van der Waals surface area contributed by atoms with Gasteiger partial charge in [-0.05, 0) is 155 Å². The minimum Gasteiger partial charge on any atom is -0.398 e. The van der Waals surface area contributed by atoms with E-state index in [0.29, 0.717) is 11.4 Å². The molecule has 374 valence electrons. The van der Waals surface area contributed by atoms with Gasteiger partial charge < -0.3 is 22.9 Å². The van der Waals surface area contributed by atoms with Gasteiger partial charge >= 0.3 is 0 Å². The molecule has 4 heteroatoms. The Bertz CT molecular complexity index is 3320. The maximum Gasteiger partial charge on any atom is 0.0473 e. The Hall–Kier alpha value is -7.82. The van der Waals surface area contributed by atoms with Crippen molar-refractivity contribution in [3.8, 4) is 89.0 Å². The maximum absolute atomic E-state index is 7.45. The summed E-state index contributed by atoms with van der Waals surface area (Å²) < 4.78 is 0. The summed E-state index contributed by atoms with van der Waals surface area (Å²) in [6.07, 6.45) is 0. The molecule has 0 amide bonds. The molecule has 9 rings (SSSR count). The van der Waals surface area contributed by atoms with Gasteiger partial charge in [0.15, 0.2) is 0 Å². The average molecular weight is 971 g/mol. The predicted molar refractivity (Wildman–Crippen MR) is 322 cm³/mol. The van der Waals surface area contributed by atoms with Gasteiger partial charge in [0, 0.05) is 67.3 Å². The van der Waals surface area contributed by atoms with E-state index in [9.17, 15) is 0 Å². The van der Waals surface area contributed by atoms with Crippen LogP contribution in [0.3, 0.4) is 0 Å². The van der Waals surface area contributed by atoms with Crippen LogP contribution in [0.25, 0.3) is 89.0 Å². The van der Waals surface area contributed by atoms with E-state index in [4.69, 9.17) is 22.9 Å². The van der Waals surface area contributed by atoms with Crippen LogP contribution in [0.2, 0.25) is 0 Å². The lowest BCUT2D eigenvalue weighted by atomic mass is 9.80. The second-order valence-corrected chi connectivity index (χ2v) is 24.4. The van der Waals surface area contributed by atoms with Crippen molar-refractivity contribution in [1.29, 1.82) is 0 Å². The highest BCUT2D eigenvalue weighted by Gasteiger charge is 2.25. The Morgan fingerprint density at radius 1 is 0.203 bits per heavy atom. The predicted octanol–water partition coefficient (Wildman–Crippen LogP) is 18.5. The molecule has 8 N–H and O–H groups in total. The topological polar surface area (TPSA) is 104 Å². The summed E-state index contributed by atoms with van der Waals surface area (Å²) in [5.41, 5.74) is 52.8. The lowest BCUT2D eigenvalue weighted by Crippen LogP contribution is -2.13. The van der Waals surface area contributed by atoms with Crippen LogP contribution in [0.1, 0.15) is 105 Å². The number of nitrogens with two attached hydrogens (primary N) is 4. The van der Waals surface area contributed by atoms with Crippen molar-refractivity contribution in [3.63, 3.8) is 0 Å². The molecular formula is C70H74N4. The summed E-state index contributed by atoms with van der Waals surface area (Å²) in [6, 6.07) is 65.1. The van der Waals surface area contributed by atoms with Crippen LogP contribution < -0.4 is 22.9 Å². The van der Waals surface area contributed by atoms with Crippen LogP contribution >= 0.6 is 0 Å². The zero-order chi connectivity index (χ0) is 53.1. The average Bonchev–Trinajstić information content (AvgIpc) is 3.36. The van der Waals surface area contributed by atoms with Gasteiger partial charge in [0.2, 0.25) is 0 Å². The third-order valence-electron chi connectivity index (χ3n) is 14.8. The molecule has 0 unspecified atom stereocenters. The van der Waals surface area contributed by atoms with E-state index < -0.39 is 0 Å². The fourth-order valence-corrected chi connectivity index (χ4v) is 10.1. The van der Waals surface area contributed by atoms with Gasteiger partial charge in [0.25, 0.3) is 0 Å². The first kappa shape index (κ1) is 51.1. The highest BCUT2D eigenvalue weighted by atomic mass is 14.6. The number of benzene rings is 9. The summed E-state index contributed by atoms with van der Waals surface area (Å²) in [6.45, 7) is 27.1. The van der Waals surface area contributed by atoms with Crippen molar-refractivity contribution in [2.75, 3.05) is 22.9 Å². The third kappa shape index (κ3) is 10.2. The van der Waals surface area contributed by atoms with Crippen LogP contribution in [0, 0.1) is 0 Å². The van der Waals surface area contributed by atoms with Crippen LogP contribution in [-0.2, 0) is 21.7 Å². The molecule has 4 nitrogen and oxygen atoms in total. The molecule has 9 aromatic rings. The number of hydrogen-bond donors (Lipinski definition) is 4. The molecule has 9 aromatic carbocycles. The molecule has 0 spiro atoms. The molecule has 0 heterocycles. The molecule has 0 saturated heterocycles. The van der Waals surface area contributed by atoms with E-state index in [2.05, 4.69) is 253 Å². The molecule has 0 radical (unpaired) electrons. The Labute approximate surface area is 441 Å². The number of rotatable bonds is 8. The van der Waals surface area contributed by atoms with Gasteiger partial charge in [0.05, 0.1) is 0 Å². The first-order valence-corrected chi connectivity index (χ1v) is 26.1. The second kappa shape index (κ2) is 19.2. The zero-order valence-electron chi connectivity index (χ0n) is 45.6. The maximum atomic E-state index is 7.45. The van der Waals surface area contributed by atoms with Crippen molar-refractivity contribution < 1.29 is 0 Å². The van der Waals surface area contributed by atoms with Crippen molar-refractivity contribution in [2.45, 2.75) is 105 Å². The zero-order valence-corrected chi connectivity index (χ0v) is 45.6. The highest BCUT2D eigenvalue weighted by molar-refractivity contribution is 5.97. The lowest BCUT2D eigenvalue weighted by Gasteiger charge is -2.25. The fraction of sp³-hybridized carbons (Fsp3) is 0.229. The molecular weight excluding hydrogens is 897 g/mol. The molecule has 74 heavy (non-hydrogen) atoms. The van der Waals surface area contributed by atoms with Gasteiger partial charge in [-0.15, -0.1) is 0 Å². The van der Waals surface area contributed by atoms with Gasteiger partial charge in [-0.3, -0.25) is 0 Å². The van der Waals surface area contributed by atoms with Crippen LogP contribution in [0.5, 0.6) is 0 Å². The number of anilines is 4. The van der Waals surface area contributed by atoms with Crippen molar-refractivity contribution in [2.24, 2.45) is 0 Å². The highest BCUT2D eigenvalue weighted by Crippen LogP contribution is 2.47. The Kier molecular flexibility index (Phi) is 13.3. The van der Waals surface area contributed by atoms with Crippen LogP contribution in [0.15, 0.2) is 182 Å². The number of nitrogen functional groups attached to an aromatic ring is 4. The summed E-state index contributed by atoms with van der Waals surface area (Å²) >= 11 is 0. The Morgan fingerprint density at radius 3 is 0.541 bits per heavy atom. The lowest BCUT2D eigenvalue weighted by molar-refractivity contribution is 0.590. The van der Waals surface area contributed by atoms with Crippen LogP contribution in [-0.4, -0.2) is 0 Å². The molecule has 0 atom stereocenters. The smallest absolute Gasteiger partial charge is 0.0473 e. The molecule has 0 bridgehead atoms. The normalized spacial score (nSPS) is 12.3. The molecule has 0 saturated carbocycles. The quantitative estimate of drug-likeness (QED) is 0.114. The Morgan fingerprint density at radius 2 is 0.365 bits per heavy atom. The van der Waals surface area contributed by atoms with Crippen LogP contribution in [0.4, 0.5) is 22.7 Å². The van der Waals surface area contributed by atoms with Crippen molar-refractivity contribution >= 4 is 22.7 Å². The van der Waals surface area contributed by atoms with E-state index in [0.717, 1.165) is 100 Å².